The summed E-state index contributed by atoms with van der Waals surface area (Å²) in [7, 11) is 0. The Labute approximate surface area is 179 Å². The van der Waals surface area contributed by atoms with Crippen molar-refractivity contribution in [3.05, 3.63) is 70.3 Å². The third-order valence-electron chi connectivity index (χ3n) is 5.55. The average Bonchev–Trinajstić information content (AvgIpc) is 2.74. The molecule has 0 saturated carbocycles. The summed E-state index contributed by atoms with van der Waals surface area (Å²) >= 11 is 0. The molecule has 2 amide bonds. The van der Waals surface area contributed by atoms with Gasteiger partial charge in [-0.05, 0) is 48.7 Å². The van der Waals surface area contributed by atoms with Gasteiger partial charge in [0.1, 0.15) is 0 Å². The number of hydrogen-bond donors (Lipinski definition) is 1. The molecule has 2 aromatic rings. The van der Waals surface area contributed by atoms with E-state index >= 15 is 0 Å². The highest BCUT2D eigenvalue weighted by Gasteiger charge is 2.30. The second kappa shape index (κ2) is 9.51. The molecule has 8 heteroatoms. The second-order valence-electron chi connectivity index (χ2n) is 7.84. The SMILES string of the molecule is Cc1ccc(C(=O)NCC(=O)N2CCN(Cc3cccc(C(F)(F)F)c3)CC2)cc1C. The molecule has 0 atom stereocenters. The molecule has 1 aliphatic rings. The van der Waals surface area contributed by atoms with Crippen LogP contribution in [0.5, 0.6) is 0 Å². The molecule has 0 bridgehead atoms. The maximum atomic E-state index is 12.9. The lowest BCUT2D eigenvalue weighted by molar-refractivity contribution is -0.137. The van der Waals surface area contributed by atoms with Crippen LogP contribution in [0.15, 0.2) is 42.5 Å². The molecule has 1 saturated heterocycles. The molecular weight excluding hydrogens is 407 g/mol. The molecule has 0 aliphatic carbocycles. The fourth-order valence-electron chi connectivity index (χ4n) is 3.51. The highest BCUT2D eigenvalue weighted by atomic mass is 19.4. The smallest absolute Gasteiger partial charge is 0.343 e. The number of alkyl halides is 3. The summed E-state index contributed by atoms with van der Waals surface area (Å²) in [4.78, 5) is 28.4. The Morgan fingerprint density at radius 2 is 1.68 bits per heavy atom. The summed E-state index contributed by atoms with van der Waals surface area (Å²) in [6.45, 7) is 6.27. The zero-order chi connectivity index (χ0) is 22.6. The quantitative estimate of drug-likeness (QED) is 0.787. The van der Waals surface area contributed by atoms with Crippen LogP contribution in [0.1, 0.15) is 32.6 Å². The Morgan fingerprint density at radius 3 is 2.32 bits per heavy atom. The fourth-order valence-corrected chi connectivity index (χ4v) is 3.51. The van der Waals surface area contributed by atoms with Crippen molar-refractivity contribution < 1.29 is 22.8 Å². The van der Waals surface area contributed by atoms with E-state index in [0.717, 1.165) is 17.2 Å². The number of rotatable bonds is 5. The largest absolute Gasteiger partial charge is 0.416 e. The topological polar surface area (TPSA) is 52.7 Å². The van der Waals surface area contributed by atoms with Crippen LogP contribution < -0.4 is 5.32 Å². The molecule has 166 valence electrons. The van der Waals surface area contributed by atoms with Gasteiger partial charge in [-0.2, -0.15) is 13.2 Å². The van der Waals surface area contributed by atoms with Gasteiger partial charge in [0.25, 0.3) is 5.91 Å². The number of aryl methyl sites for hydroxylation is 2. The Morgan fingerprint density at radius 1 is 0.968 bits per heavy atom. The minimum Gasteiger partial charge on any atom is -0.343 e. The molecule has 0 spiro atoms. The molecule has 0 aromatic heterocycles. The minimum atomic E-state index is -4.36. The average molecular weight is 433 g/mol. The zero-order valence-electron chi connectivity index (χ0n) is 17.6. The third kappa shape index (κ3) is 6.07. The van der Waals surface area contributed by atoms with Gasteiger partial charge in [-0.15, -0.1) is 0 Å². The molecule has 0 radical (unpaired) electrons. The first-order valence-electron chi connectivity index (χ1n) is 10.2. The van der Waals surface area contributed by atoms with Gasteiger partial charge in [0, 0.05) is 38.3 Å². The van der Waals surface area contributed by atoms with Gasteiger partial charge in [-0.1, -0.05) is 24.3 Å². The molecule has 5 nitrogen and oxygen atoms in total. The third-order valence-corrected chi connectivity index (χ3v) is 5.55. The number of piperazine rings is 1. The van der Waals surface area contributed by atoms with E-state index in [1.165, 1.54) is 12.1 Å². The molecule has 1 aliphatic heterocycles. The van der Waals surface area contributed by atoms with Crippen LogP contribution in [0.3, 0.4) is 0 Å². The van der Waals surface area contributed by atoms with Gasteiger partial charge in [-0.3, -0.25) is 14.5 Å². The van der Waals surface area contributed by atoms with Gasteiger partial charge < -0.3 is 10.2 Å². The summed E-state index contributed by atoms with van der Waals surface area (Å²) in [5.74, 6) is -0.462. The highest BCUT2D eigenvalue weighted by Crippen LogP contribution is 2.29. The Bertz CT molecular complexity index is 951. The normalized spacial score (nSPS) is 15.1. The standard InChI is InChI=1S/C23H26F3N3O2/c1-16-6-7-19(12-17(16)2)22(31)27-14-21(30)29-10-8-28(9-11-29)15-18-4-3-5-20(13-18)23(24,25)26/h3-7,12-13H,8-11,14-15H2,1-2H3,(H,27,31). The van der Waals surface area contributed by atoms with Crippen molar-refractivity contribution in [3.8, 4) is 0 Å². The lowest BCUT2D eigenvalue weighted by Crippen LogP contribution is -2.50. The predicted octanol–water partition coefficient (Wildman–Crippen LogP) is 3.40. The first-order chi connectivity index (χ1) is 14.6. The van der Waals surface area contributed by atoms with Gasteiger partial charge >= 0.3 is 6.18 Å². The number of nitrogens with one attached hydrogen (secondary N) is 1. The van der Waals surface area contributed by atoms with Gasteiger partial charge in [0.2, 0.25) is 5.91 Å². The first-order valence-corrected chi connectivity index (χ1v) is 10.2. The fraction of sp³-hybridized carbons (Fsp3) is 0.391. The molecular formula is C23H26F3N3O2. The van der Waals surface area contributed by atoms with E-state index in [1.807, 2.05) is 24.8 Å². The molecule has 1 fully saturated rings. The van der Waals surface area contributed by atoms with E-state index in [4.69, 9.17) is 0 Å². The van der Waals surface area contributed by atoms with Gasteiger partial charge in [0.15, 0.2) is 0 Å². The maximum Gasteiger partial charge on any atom is 0.416 e. The van der Waals surface area contributed by atoms with Crippen LogP contribution in [0, 0.1) is 13.8 Å². The number of carbonyl (C=O) groups excluding carboxylic acids is 2. The summed E-state index contributed by atoms with van der Waals surface area (Å²) in [5, 5.41) is 2.66. The Hall–Kier alpha value is -2.87. The van der Waals surface area contributed by atoms with Crippen LogP contribution in [0.4, 0.5) is 13.2 Å². The molecule has 2 aromatic carbocycles. The van der Waals surface area contributed by atoms with E-state index in [0.29, 0.717) is 43.9 Å². The van der Waals surface area contributed by atoms with E-state index in [9.17, 15) is 22.8 Å². The second-order valence-corrected chi connectivity index (χ2v) is 7.84. The lowest BCUT2D eigenvalue weighted by Gasteiger charge is -2.34. The summed E-state index contributed by atoms with van der Waals surface area (Å²) < 4.78 is 38.6. The monoisotopic (exact) mass is 433 g/mol. The molecule has 3 rings (SSSR count). The minimum absolute atomic E-state index is 0.0839. The number of halogens is 3. The number of amides is 2. The lowest BCUT2D eigenvalue weighted by atomic mass is 10.1. The van der Waals surface area contributed by atoms with Crippen molar-refractivity contribution in [1.82, 2.24) is 15.1 Å². The summed E-state index contributed by atoms with van der Waals surface area (Å²) in [5.41, 5.74) is 2.56. The van der Waals surface area contributed by atoms with Crippen molar-refractivity contribution in [2.45, 2.75) is 26.6 Å². The number of hydrogen-bond acceptors (Lipinski definition) is 3. The summed E-state index contributed by atoms with van der Waals surface area (Å²) in [6, 6.07) is 10.7. The van der Waals surface area contributed by atoms with Crippen LogP contribution in [-0.4, -0.2) is 54.3 Å². The maximum absolute atomic E-state index is 12.9. The van der Waals surface area contributed by atoms with E-state index in [-0.39, 0.29) is 18.4 Å². The molecule has 31 heavy (non-hydrogen) atoms. The molecule has 0 unspecified atom stereocenters. The van der Waals surface area contributed by atoms with E-state index < -0.39 is 11.7 Å². The van der Waals surface area contributed by atoms with Crippen LogP contribution in [-0.2, 0) is 17.5 Å². The number of nitrogens with zero attached hydrogens (tertiary/aromatic N) is 2. The van der Waals surface area contributed by atoms with Gasteiger partial charge in [-0.25, -0.2) is 0 Å². The van der Waals surface area contributed by atoms with E-state index in [1.54, 1.807) is 23.1 Å². The van der Waals surface area contributed by atoms with E-state index in [2.05, 4.69) is 5.32 Å². The number of benzene rings is 2. The summed E-state index contributed by atoms with van der Waals surface area (Å²) in [6.07, 6.45) is -4.36. The predicted molar refractivity (Wildman–Crippen MR) is 112 cm³/mol. The number of carbonyl (C=O) groups is 2. The Balaban J connectivity index is 1.46. The van der Waals surface area contributed by atoms with Crippen molar-refractivity contribution in [1.29, 1.82) is 0 Å². The van der Waals surface area contributed by atoms with Crippen LogP contribution in [0.25, 0.3) is 0 Å². The highest BCUT2D eigenvalue weighted by molar-refractivity contribution is 5.96. The molecule has 1 heterocycles. The van der Waals surface area contributed by atoms with Crippen molar-refractivity contribution in [2.24, 2.45) is 0 Å². The van der Waals surface area contributed by atoms with Gasteiger partial charge in [0.05, 0.1) is 12.1 Å². The zero-order valence-corrected chi connectivity index (χ0v) is 17.6. The Kier molecular flexibility index (Phi) is 7.00. The van der Waals surface area contributed by atoms with Crippen LogP contribution in [0.2, 0.25) is 0 Å². The van der Waals surface area contributed by atoms with Crippen molar-refractivity contribution >= 4 is 11.8 Å². The first kappa shape index (κ1) is 22.8. The molecule has 1 N–H and O–H groups in total. The van der Waals surface area contributed by atoms with Crippen molar-refractivity contribution in [3.63, 3.8) is 0 Å². The van der Waals surface area contributed by atoms with Crippen molar-refractivity contribution in [2.75, 3.05) is 32.7 Å². The van der Waals surface area contributed by atoms with Crippen LogP contribution >= 0.6 is 0 Å².